The molecule has 13 heavy (non-hydrogen) atoms. The molecule has 0 aliphatic carbocycles. The van der Waals surface area contributed by atoms with E-state index in [4.69, 9.17) is 0 Å². The first kappa shape index (κ1) is 9.44. The van der Waals surface area contributed by atoms with Crippen molar-refractivity contribution in [3.63, 3.8) is 0 Å². The third-order valence-corrected chi connectivity index (χ3v) is 3.37. The fourth-order valence-electron chi connectivity index (χ4n) is 2.37. The molecular formula is C10H21N3. The Labute approximate surface area is 80.9 Å². The average Bonchev–Trinajstić information content (AvgIpc) is 2.72. The van der Waals surface area contributed by atoms with Crippen molar-refractivity contribution in [1.82, 2.24) is 15.5 Å². The molecule has 76 valence electrons. The first-order valence-electron chi connectivity index (χ1n) is 5.50. The number of nitrogens with one attached hydrogen (secondary N) is 2. The van der Waals surface area contributed by atoms with Crippen LogP contribution in [-0.4, -0.2) is 50.2 Å². The van der Waals surface area contributed by atoms with Gasteiger partial charge in [-0.1, -0.05) is 0 Å². The average molecular weight is 183 g/mol. The quantitative estimate of drug-likeness (QED) is 0.646. The summed E-state index contributed by atoms with van der Waals surface area (Å²) in [6, 6.07) is 1.52. The molecule has 0 radical (unpaired) electrons. The fraction of sp³-hybridized carbons (Fsp3) is 1.00. The molecule has 2 atom stereocenters. The lowest BCUT2D eigenvalue weighted by atomic mass is 10.2. The van der Waals surface area contributed by atoms with E-state index in [1.165, 1.54) is 38.9 Å². The lowest BCUT2D eigenvalue weighted by Crippen LogP contribution is -2.41. The number of hydrogen-bond donors (Lipinski definition) is 2. The zero-order valence-electron chi connectivity index (χ0n) is 8.55. The molecule has 2 fully saturated rings. The summed E-state index contributed by atoms with van der Waals surface area (Å²) in [7, 11) is 2.24. The highest BCUT2D eigenvalue weighted by atomic mass is 15.2. The van der Waals surface area contributed by atoms with Crippen LogP contribution in [0.25, 0.3) is 0 Å². The molecule has 3 heteroatoms. The Balaban J connectivity index is 1.66. The summed E-state index contributed by atoms with van der Waals surface area (Å²) in [4.78, 5) is 2.48. The molecule has 0 aromatic carbocycles. The molecule has 2 rings (SSSR count). The Hall–Kier alpha value is -0.120. The highest BCUT2D eigenvalue weighted by Crippen LogP contribution is 2.13. The van der Waals surface area contributed by atoms with Crippen LogP contribution in [0.5, 0.6) is 0 Å². The van der Waals surface area contributed by atoms with Crippen LogP contribution in [0.2, 0.25) is 0 Å². The van der Waals surface area contributed by atoms with Crippen molar-refractivity contribution >= 4 is 0 Å². The van der Waals surface area contributed by atoms with Gasteiger partial charge in [0.15, 0.2) is 0 Å². The Kier molecular flexibility index (Phi) is 3.19. The first-order valence-corrected chi connectivity index (χ1v) is 5.50. The van der Waals surface area contributed by atoms with Crippen LogP contribution in [0.4, 0.5) is 0 Å². The fourth-order valence-corrected chi connectivity index (χ4v) is 2.37. The van der Waals surface area contributed by atoms with Crippen molar-refractivity contribution < 1.29 is 0 Å². The van der Waals surface area contributed by atoms with E-state index in [2.05, 4.69) is 22.6 Å². The third kappa shape index (κ3) is 2.42. The minimum Gasteiger partial charge on any atom is -0.315 e. The molecule has 0 aromatic heterocycles. The molecule has 0 amide bonds. The number of hydrogen-bond acceptors (Lipinski definition) is 3. The summed E-state index contributed by atoms with van der Waals surface area (Å²) in [6.07, 6.45) is 4.06. The minimum absolute atomic E-state index is 0.731. The van der Waals surface area contributed by atoms with Crippen molar-refractivity contribution in [3.05, 3.63) is 0 Å². The van der Waals surface area contributed by atoms with Gasteiger partial charge in [-0.25, -0.2) is 0 Å². The lowest BCUT2D eigenvalue weighted by Gasteiger charge is -2.21. The summed E-state index contributed by atoms with van der Waals surface area (Å²) in [5.74, 6) is 0. The van der Waals surface area contributed by atoms with E-state index < -0.39 is 0 Å². The van der Waals surface area contributed by atoms with Gasteiger partial charge in [0.05, 0.1) is 0 Å². The van der Waals surface area contributed by atoms with E-state index in [1.807, 2.05) is 0 Å². The van der Waals surface area contributed by atoms with Crippen molar-refractivity contribution in [2.24, 2.45) is 0 Å². The molecule has 2 heterocycles. The van der Waals surface area contributed by atoms with Gasteiger partial charge in [0.25, 0.3) is 0 Å². The molecule has 2 unspecified atom stereocenters. The maximum atomic E-state index is 3.65. The maximum Gasteiger partial charge on any atom is 0.0218 e. The van der Waals surface area contributed by atoms with Crippen LogP contribution in [0.3, 0.4) is 0 Å². The number of nitrogens with zero attached hydrogens (tertiary/aromatic N) is 1. The minimum atomic E-state index is 0.731. The summed E-state index contributed by atoms with van der Waals surface area (Å²) in [5.41, 5.74) is 0. The Morgan fingerprint density at radius 1 is 1.46 bits per heavy atom. The normalized spacial score (nSPS) is 35.8. The van der Waals surface area contributed by atoms with Gasteiger partial charge in [0, 0.05) is 25.2 Å². The van der Waals surface area contributed by atoms with Gasteiger partial charge < -0.3 is 15.5 Å². The van der Waals surface area contributed by atoms with Crippen LogP contribution < -0.4 is 10.6 Å². The Bertz CT molecular complexity index is 154. The van der Waals surface area contributed by atoms with Crippen molar-refractivity contribution in [2.45, 2.75) is 31.3 Å². The van der Waals surface area contributed by atoms with Gasteiger partial charge in [-0.3, -0.25) is 0 Å². The third-order valence-electron chi connectivity index (χ3n) is 3.37. The van der Waals surface area contributed by atoms with E-state index in [9.17, 15) is 0 Å². The largest absolute Gasteiger partial charge is 0.315 e. The Morgan fingerprint density at radius 3 is 3.00 bits per heavy atom. The maximum absolute atomic E-state index is 3.65. The molecule has 0 saturated carbocycles. The van der Waals surface area contributed by atoms with Crippen LogP contribution in [0.15, 0.2) is 0 Å². The summed E-state index contributed by atoms with van der Waals surface area (Å²) in [5, 5.41) is 7.03. The van der Waals surface area contributed by atoms with Crippen LogP contribution >= 0.6 is 0 Å². The molecule has 0 bridgehead atoms. The van der Waals surface area contributed by atoms with E-state index in [0.29, 0.717) is 0 Å². The standard InChI is InChI=1S/C10H21N3/c1-13-6-2-3-10(13)8-12-9-4-5-11-7-9/h9-12H,2-8H2,1H3. The van der Waals surface area contributed by atoms with Crippen LogP contribution in [-0.2, 0) is 0 Å². The molecule has 2 aliphatic rings. The molecule has 3 nitrogen and oxygen atoms in total. The van der Waals surface area contributed by atoms with E-state index in [0.717, 1.165) is 18.6 Å². The van der Waals surface area contributed by atoms with Crippen LogP contribution in [0, 0.1) is 0 Å². The monoisotopic (exact) mass is 183 g/mol. The smallest absolute Gasteiger partial charge is 0.0218 e. The van der Waals surface area contributed by atoms with Crippen LogP contribution in [0.1, 0.15) is 19.3 Å². The van der Waals surface area contributed by atoms with E-state index >= 15 is 0 Å². The van der Waals surface area contributed by atoms with Crippen molar-refractivity contribution in [3.8, 4) is 0 Å². The second kappa shape index (κ2) is 4.40. The predicted octanol–water partition coefficient (Wildman–Crippen LogP) is 0.0321. The summed E-state index contributed by atoms with van der Waals surface area (Å²) in [6.45, 7) is 4.83. The zero-order chi connectivity index (χ0) is 9.10. The highest BCUT2D eigenvalue weighted by molar-refractivity contribution is 4.83. The summed E-state index contributed by atoms with van der Waals surface area (Å²) >= 11 is 0. The second-order valence-electron chi connectivity index (χ2n) is 4.37. The lowest BCUT2D eigenvalue weighted by molar-refractivity contribution is 0.293. The molecular weight excluding hydrogens is 162 g/mol. The first-order chi connectivity index (χ1) is 6.36. The van der Waals surface area contributed by atoms with Gasteiger partial charge in [0.2, 0.25) is 0 Å². The number of rotatable bonds is 3. The SMILES string of the molecule is CN1CCCC1CNC1CCNC1. The highest BCUT2D eigenvalue weighted by Gasteiger charge is 2.22. The summed E-state index contributed by atoms with van der Waals surface area (Å²) < 4.78 is 0. The number of likely N-dealkylation sites (tertiary alicyclic amines) is 1. The predicted molar refractivity (Wildman–Crippen MR) is 54.9 cm³/mol. The van der Waals surface area contributed by atoms with Gasteiger partial charge in [-0.15, -0.1) is 0 Å². The molecule has 2 N–H and O–H groups in total. The van der Waals surface area contributed by atoms with Crippen molar-refractivity contribution in [1.29, 1.82) is 0 Å². The van der Waals surface area contributed by atoms with Gasteiger partial charge in [-0.2, -0.15) is 0 Å². The second-order valence-corrected chi connectivity index (χ2v) is 4.37. The van der Waals surface area contributed by atoms with E-state index in [-0.39, 0.29) is 0 Å². The van der Waals surface area contributed by atoms with Gasteiger partial charge in [0.1, 0.15) is 0 Å². The molecule has 2 saturated heterocycles. The van der Waals surface area contributed by atoms with Gasteiger partial charge in [-0.05, 0) is 39.4 Å². The molecule has 0 aromatic rings. The number of likely N-dealkylation sites (N-methyl/N-ethyl adjacent to an activating group) is 1. The molecule has 2 aliphatic heterocycles. The van der Waals surface area contributed by atoms with Gasteiger partial charge >= 0.3 is 0 Å². The Morgan fingerprint density at radius 2 is 2.38 bits per heavy atom. The van der Waals surface area contributed by atoms with Crippen molar-refractivity contribution in [2.75, 3.05) is 33.2 Å². The molecule has 0 spiro atoms. The zero-order valence-corrected chi connectivity index (χ0v) is 8.55. The topological polar surface area (TPSA) is 27.3 Å². The van der Waals surface area contributed by atoms with E-state index in [1.54, 1.807) is 0 Å².